The first-order valence-electron chi connectivity index (χ1n) is 27.5. The molecule has 0 saturated carbocycles. The van der Waals surface area contributed by atoms with Gasteiger partial charge in [-0.3, -0.25) is 9.59 Å². The van der Waals surface area contributed by atoms with Gasteiger partial charge in [0.1, 0.15) is 5.75 Å². The molecule has 2 amide bonds. The number of hydrogen-bond donors (Lipinski definition) is 6. The predicted molar refractivity (Wildman–Crippen MR) is 308 cm³/mol. The van der Waals surface area contributed by atoms with Crippen LogP contribution in [0.25, 0.3) is 0 Å². The normalized spacial score (nSPS) is 19.2. The molecular formula is C63H88N6O5. The number of ether oxygens (including phenoxy) is 2. The highest BCUT2D eigenvalue weighted by Gasteiger charge is 2.36. The molecule has 0 aromatic heterocycles. The average Bonchev–Trinajstić information content (AvgIpc) is 3.38. The third kappa shape index (κ3) is 15.5. The minimum atomic E-state index is -0.385. The number of nitrogens with one attached hydrogen (secondary N) is 4. The van der Waals surface area contributed by atoms with Gasteiger partial charge in [-0.1, -0.05) is 131 Å². The summed E-state index contributed by atoms with van der Waals surface area (Å²) in [5, 5.41) is 22.9. The maximum absolute atomic E-state index is 11.9. The minimum Gasteiger partial charge on any atom is -0.478 e. The van der Waals surface area contributed by atoms with Gasteiger partial charge in [-0.2, -0.15) is 0 Å². The molecule has 7 N–H and O–H groups in total. The van der Waals surface area contributed by atoms with Crippen LogP contribution in [0, 0.1) is 0 Å². The van der Waals surface area contributed by atoms with E-state index in [0.29, 0.717) is 49.0 Å². The van der Waals surface area contributed by atoms with E-state index in [4.69, 9.17) is 15.2 Å². The highest BCUT2D eigenvalue weighted by Crippen LogP contribution is 2.40. The van der Waals surface area contributed by atoms with Crippen molar-refractivity contribution >= 4 is 40.3 Å². The lowest BCUT2D eigenvalue weighted by Crippen LogP contribution is -2.45. The first-order chi connectivity index (χ1) is 35.3. The monoisotopic (exact) mass is 1010 g/mol. The molecule has 10 rings (SSSR count). The van der Waals surface area contributed by atoms with Crippen LogP contribution in [0.3, 0.4) is 0 Å². The first kappa shape index (κ1) is 57.2. The highest BCUT2D eigenvalue weighted by atomic mass is 16.5. The van der Waals surface area contributed by atoms with E-state index in [2.05, 4.69) is 157 Å². The van der Waals surface area contributed by atoms with Gasteiger partial charge in [0.15, 0.2) is 6.10 Å². The molecule has 5 aliphatic rings. The van der Waals surface area contributed by atoms with Crippen molar-refractivity contribution in [1.82, 2.24) is 4.90 Å². The summed E-state index contributed by atoms with van der Waals surface area (Å²) in [6.45, 7) is 29.7. The lowest BCUT2D eigenvalue weighted by molar-refractivity contribution is -0.131. The van der Waals surface area contributed by atoms with Crippen LogP contribution in [0.15, 0.2) is 97.1 Å². The smallest absolute Gasteiger partial charge is 0.265 e. The Morgan fingerprint density at radius 3 is 1.76 bits per heavy atom. The van der Waals surface area contributed by atoms with Crippen molar-refractivity contribution < 1.29 is 24.2 Å². The number of aliphatic hydroxyl groups excluding tert-OH is 1. The van der Waals surface area contributed by atoms with Gasteiger partial charge in [-0.25, -0.2) is 0 Å². The van der Waals surface area contributed by atoms with E-state index in [9.17, 15) is 14.7 Å². The van der Waals surface area contributed by atoms with Gasteiger partial charge < -0.3 is 46.5 Å². The summed E-state index contributed by atoms with van der Waals surface area (Å²) in [5.41, 5.74) is 21.5. The number of amides is 2. The summed E-state index contributed by atoms with van der Waals surface area (Å²) in [5.74, 6) is 3.74. The molecule has 5 aromatic carbocycles. The first-order valence-corrected chi connectivity index (χ1v) is 27.5. The van der Waals surface area contributed by atoms with Gasteiger partial charge in [0.25, 0.3) is 5.91 Å². The molecule has 400 valence electrons. The summed E-state index contributed by atoms with van der Waals surface area (Å²) in [4.78, 5) is 25.4. The number of carbonyl (C=O) groups is 2. The van der Waals surface area contributed by atoms with Crippen LogP contribution >= 0.6 is 0 Å². The molecule has 0 radical (unpaired) electrons. The molecule has 5 heterocycles. The summed E-state index contributed by atoms with van der Waals surface area (Å²) in [6, 6.07) is 34.0. The topological polar surface area (TPSA) is 150 Å². The molecule has 0 spiro atoms. The third-order valence-electron chi connectivity index (χ3n) is 14.6. The van der Waals surface area contributed by atoms with E-state index in [1.165, 1.54) is 68.7 Å². The fourth-order valence-electron chi connectivity index (χ4n) is 9.54. The van der Waals surface area contributed by atoms with E-state index in [0.717, 1.165) is 55.4 Å². The summed E-state index contributed by atoms with van der Waals surface area (Å²) >= 11 is 0. The van der Waals surface area contributed by atoms with Crippen molar-refractivity contribution in [2.75, 3.05) is 53.2 Å². The van der Waals surface area contributed by atoms with Crippen molar-refractivity contribution in [1.29, 1.82) is 0 Å². The van der Waals surface area contributed by atoms with E-state index < -0.39 is 0 Å². The van der Waals surface area contributed by atoms with Crippen molar-refractivity contribution in [3.05, 3.63) is 142 Å². The van der Waals surface area contributed by atoms with Crippen LogP contribution in [0.1, 0.15) is 189 Å². The third-order valence-corrected chi connectivity index (χ3v) is 14.6. The van der Waals surface area contributed by atoms with Crippen LogP contribution in [-0.4, -0.2) is 66.3 Å². The van der Waals surface area contributed by atoms with E-state index >= 15 is 0 Å². The summed E-state index contributed by atoms with van der Waals surface area (Å²) < 4.78 is 11.4. The predicted octanol–water partition coefficient (Wildman–Crippen LogP) is 13.9. The lowest BCUT2D eigenvalue weighted by atomic mass is 9.88. The molecule has 4 atom stereocenters. The fraction of sp³-hybridized carbons (Fsp3) is 0.492. The molecule has 1 saturated heterocycles. The second-order valence-corrected chi connectivity index (χ2v) is 21.9. The van der Waals surface area contributed by atoms with Crippen LogP contribution in [0.2, 0.25) is 0 Å². The van der Waals surface area contributed by atoms with Gasteiger partial charge in [0.2, 0.25) is 5.91 Å². The van der Waals surface area contributed by atoms with Crippen molar-refractivity contribution in [3.63, 3.8) is 0 Å². The van der Waals surface area contributed by atoms with Crippen LogP contribution in [0.5, 0.6) is 5.75 Å². The zero-order valence-corrected chi connectivity index (χ0v) is 46.6. The minimum absolute atomic E-state index is 0.0488. The van der Waals surface area contributed by atoms with E-state index in [1.54, 1.807) is 0 Å². The van der Waals surface area contributed by atoms with Crippen molar-refractivity contribution in [2.24, 2.45) is 0 Å². The van der Waals surface area contributed by atoms with Crippen molar-refractivity contribution in [3.8, 4) is 5.75 Å². The number of nitrogens with zero attached hydrogens (tertiary/aromatic N) is 1. The van der Waals surface area contributed by atoms with Gasteiger partial charge in [-0.05, 0) is 137 Å². The van der Waals surface area contributed by atoms with Crippen LogP contribution in [0.4, 0.5) is 28.4 Å². The zero-order valence-electron chi connectivity index (χ0n) is 46.6. The van der Waals surface area contributed by atoms with Gasteiger partial charge >= 0.3 is 0 Å². The Kier molecular flexibility index (Phi) is 20.9. The number of fused-ring (bicyclic) bond motifs is 7. The summed E-state index contributed by atoms with van der Waals surface area (Å²) in [7, 11) is 0. The summed E-state index contributed by atoms with van der Waals surface area (Å²) in [6.07, 6.45) is 4.07. The Hall–Kier alpha value is -6.04. The number of aryl methyl sites for hydroxylation is 1. The SMILES string of the molecule is CC(C)c1ccc(N)cc1.CC(C)c1ccc2c(c1)C1CC(N2)C(O)CO1.CC(C)c1ccc2c(c1)CCCN2.CCC1Oc2cc(C(C)C)ccc2NC1=O.CCN1Cc2cc(C(C)C)ccc2NCCC1=O. The van der Waals surface area contributed by atoms with Gasteiger partial charge in [-0.15, -0.1) is 0 Å². The lowest BCUT2D eigenvalue weighted by Gasteiger charge is -2.40. The number of hydrogen-bond acceptors (Lipinski definition) is 9. The molecule has 0 aliphatic carbocycles. The van der Waals surface area contributed by atoms with Crippen LogP contribution in [-0.2, 0) is 27.3 Å². The fourth-order valence-corrected chi connectivity index (χ4v) is 9.54. The second-order valence-electron chi connectivity index (χ2n) is 21.9. The van der Waals surface area contributed by atoms with Crippen molar-refractivity contribution in [2.45, 2.75) is 176 Å². The number of nitrogen functional groups attached to an aromatic ring is 1. The van der Waals surface area contributed by atoms with E-state index in [-0.39, 0.29) is 36.2 Å². The number of benzene rings is 5. The molecule has 11 heteroatoms. The molecule has 2 bridgehead atoms. The maximum atomic E-state index is 11.9. The Morgan fingerprint density at radius 2 is 1.16 bits per heavy atom. The highest BCUT2D eigenvalue weighted by molar-refractivity contribution is 5.97. The number of nitrogens with two attached hydrogens (primary N) is 1. The van der Waals surface area contributed by atoms with Gasteiger partial charge in [0.05, 0.1) is 30.5 Å². The molecule has 5 aromatic rings. The quantitative estimate of drug-likeness (QED) is 0.0876. The zero-order chi connectivity index (χ0) is 53.6. The second kappa shape index (κ2) is 27.0. The Labute approximate surface area is 443 Å². The number of rotatable bonds is 7. The molecule has 5 aliphatic heterocycles. The molecule has 1 fully saturated rings. The Balaban J connectivity index is 0.000000153. The van der Waals surface area contributed by atoms with Gasteiger partial charge in [0, 0.05) is 67.3 Å². The van der Waals surface area contributed by atoms with Crippen LogP contribution < -0.4 is 31.7 Å². The Bertz CT molecular complexity index is 2610. The Morgan fingerprint density at radius 1 is 0.635 bits per heavy atom. The number of anilines is 5. The number of aliphatic hydroxyl groups is 1. The average molecular weight is 1010 g/mol. The standard InChI is InChI=1S/C15H22N2O.C14H19NO2.C13H17NO2.C12H17N.C9H13N/c1-4-17-10-13-9-12(11(2)3)5-6-14(13)16-8-7-15(17)18;1-8(2)9-3-4-11-10(5-9)14-6-12(15-11)13(16)7-17-14;1-4-11-13(15)14-10-6-5-9(8(2)3)7-12(10)16-11;1-9(2)10-5-6-12-11(8-10)4-3-7-13-12;1-7(2)8-3-5-9(10)6-4-8/h5-6,9,11,16H,4,7-8,10H2,1-3H3;3-5,8,12-16H,6-7H2,1-2H3;5-8,11H,4H2,1-3H3,(H,14,15);5-6,8-9,13H,3-4,7H2,1-2H3;3-7H,10H2,1-2H3. The number of carbonyl (C=O) groups excluding carboxylic acids is 2. The molecule has 11 nitrogen and oxygen atoms in total. The molecule has 4 unspecified atom stereocenters. The molecular weight excluding hydrogens is 921 g/mol. The molecule has 74 heavy (non-hydrogen) atoms. The largest absolute Gasteiger partial charge is 0.478 e. The van der Waals surface area contributed by atoms with E-state index in [1.807, 2.05) is 49.1 Å². The maximum Gasteiger partial charge on any atom is 0.265 e.